The van der Waals surface area contributed by atoms with E-state index in [1.807, 2.05) is 51.1 Å². The maximum absolute atomic E-state index is 14.4. The average molecular weight is 497 g/mol. The second-order valence-corrected chi connectivity index (χ2v) is 11.5. The van der Waals surface area contributed by atoms with Crippen molar-refractivity contribution in [1.29, 1.82) is 0 Å². The molecule has 5 nitrogen and oxygen atoms in total. The number of nitrogens with one attached hydrogen (secondary N) is 1. The van der Waals surface area contributed by atoms with Gasteiger partial charge in [0.2, 0.25) is 0 Å². The smallest absolute Gasteiger partial charge is 0.410 e. The van der Waals surface area contributed by atoms with E-state index in [2.05, 4.69) is 4.72 Å². The third-order valence-corrected chi connectivity index (χ3v) is 7.57. The summed E-state index contributed by atoms with van der Waals surface area (Å²) in [5, 5.41) is 0. The summed E-state index contributed by atoms with van der Waals surface area (Å²) in [6.45, 7) is 6.49. The van der Waals surface area contributed by atoms with Crippen LogP contribution in [0.3, 0.4) is 0 Å². The number of nitrogens with zero attached hydrogens (tertiary/aromatic N) is 1. The molecule has 0 bridgehead atoms. The molecule has 1 heterocycles. The van der Waals surface area contributed by atoms with E-state index in [1.54, 1.807) is 4.90 Å². The van der Waals surface area contributed by atoms with Gasteiger partial charge in [-0.05, 0) is 63.1 Å². The fourth-order valence-corrected chi connectivity index (χ4v) is 4.78. The zero-order chi connectivity index (χ0) is 24.9. The summed E-state index contributed by atoms with van der Waals surface area (Å²) >= 11 is -1.45. The van der Waals surface area contributed by atoms with Crippen molar-refractivity contribution in [2.45, 2.75) is 57.4 Å². The van der Waals surface area contributed by atoms with Gasteiger partial charge in [-0.2, -0.15) is 0 Å². The SMILES string of the molecule is CC(C)(C)[S@+]([O-])N[C@H](Cc1ccc(F)c(F)c1F)C1CCN(C(=O)OCc2ccccc2)CC1. The molecule has 0 saturated carbocycles. The highest BCUT2D eigenvalue weighted by molar-refractivity contribution is 7.90. The Labute approximate surface area is 202 Å². The highest BCUT2D eigenvalue weighted by atomic mass is 32.2. The summed E-state index contributed by atoms with van der Waals surface area (Å²) in [4.78, 5) is 14.1. The molecule has 2 aromatic carbocycles. The lowest BCUT2D eigenvalue weighted by Gasteiger charge is -2.37. The summed E-state index contributed by atoms with van der Waals surface area (Å²) in [6, 6.07) is 11.1. The van der Waals surface area contributed by atoms with E-state index < -0.39 is 45.7 Å². The van der Waals surface area contributed by atoms with E-state index in [0.29, 0.717) is 25.9 Å². The number of piperidine rings is 1. The quantitative estimate of drug-likeness (QED) is 0.427. The molecule has 0 radical (unpaired) electrons. The van der Waals surface area contributed by atoms with Crippen LogP contribution in [0.15, 0.2) is 42.5 Å². The van der Waals surface area contributed by atoms with Crippen molar-refractivity contribution in [2.24, 2.45) is 5.92 Å². The minimum atomic E-state index is -1.51. The van der Waals surface area contributed by atoms with E-state index in [1.165, 1.54) is 6.07 Å². The molecule has 1 amide bonds. The lowest BCUT2D eigenvalue weighted by Crippen LogP contribution is -2.51. The van der Waals surface area contributed by atoms with Crippen molar-refractivity contribution in [1.82, 2.24) is 9.62 Å². The maximum Gasteiger partial charge on any atom is 0.410 e. The molecule has 2 atom stereocenters. The van der Waals surface area contributed by atoms with Gasteiger partial charge in [-0.15, -0.1) is 4.72 Å². The molecular formula is C25H31F3N2O3S. The van der Waals surface area contributed by atoms with E-state index >= 15 is 0 Å². The van der Waals surface area contributed by atoms with Gasteiger partial charge in [-0.3, -0.25) is 0 Å². The molecule has 3 rings (SSSR count). The Morgan fingerprint density at radius 3 is 2.38 bits per heavy atom. The molecule has 1 aliphatic rings. The number of hydrogen-bond donors (Lipinski definition) is 1. The second-order valence-electron chi connectivity index (χ2n) is 9.51. The van der Waals surface area contributed by atoms with Crippen molar-refractivity contribution in [2.75, 3.05) is 13.1 Å². The summed E-state index contributed by atoms with van der Waals surface area (Å²) in [5.41, 5.74) is 0.917. The van der Waals surface area contributed by atoms with E-state index in [9.17, 15) is 22.5 Å². The van der Waals surface area contributed by atoms with Crippen molar-refractivity contribution >= 4 is 17.5 Å². The molecule has 1 saturated heterocycles. The molecule has 9 heteroatoms. The van der Waals surface area contributed by atoms with Crippen molar-refractivity contribution in [3.05, 3.63) is 71.0 Å². The van der Waals surface area contributed by atoms with Gasteiger partial charge in [0.15, 0.2) is 17.5 Å². The number of ether oxygens (including phenoxy) is 1. The van der Waals surface area contributed by atoms with Gasteiger partial charge in [-0.25, -0.2) is 18.0 Å². The Bertz CT molecular complexity index is 964. The minimum Gasteiger partial charge on any atom is -0.598 e. The van der Waals surface area contributed by atoms with Crippen LogP contribution in [0.25, 0.3) is 0 Å². The van der Waals surface area contributed by atoms with E-state index in [-0.39, 0.29) is 24.5 Å². The number of rotatable bonds is 7. The van der Waals surface area contributed by atoms with Crippen LogP contribution in [-0.2, 0) is 29.1 Å². The number of hydrogen-bond acceptors (Lipinski definition) is 4. The van der Waals surface area contributed by atoms with Crippen molar-refractivity contribution < 1.29 is 27.3 Å². The van der Waals surface area contributed by atoms with Crippen LogP contribution in [-0.4, -0.2) is 39.4 Å². The Morgan fingerprint density at radius 2 is 1.76 bits per heavy atom. The summed E-state index contributed by atoms with van der Waals surface area (Å²) in [5.74, 6) is -4.03. The molecule has 0 unspecified atom stereocenters. The van der Waals surface area contributed by atoms with Crippen LogP contribution < -0.4 is 4.72 Å². The van der Waals surface area contributed by atoms with Gasteiger partial charge in [0.05, 0.1) is 6.04 Å². The van der Waals surface area contributed by atoms with E-state index in [4.69, 9.17) is 4.74 Å². The van der Waals surface area contributed by atoms with Gasteiger partial charge in [0.1, 0.15) is 11.4 Å². The molecule has 2 aromatic rings. The maximum atomic E-state index is 14.4. The van der Waals surface area contributed by atoms with Crippen LogP contribution in [0.4, 0.5) is 18.0 Å². The number of carbonyl (C=O) groups excluding carboxylic acids is 1. The molecule has 1 fully saturated rings. The zero-order valence-electron chi connectivity index (χ0n) is 19.7. The summed E-state index contributed by atoms with van der Waals surface area (Å²) < 4.78 is 62.2. The third-order valence-electron chi connectivity index (χ3n) is 5.94. The average Bonchev–Trinajstić information content (AvgIpc) is 2.82. The van der Waals surface area contributed by atoms with Crippen LogP contribution in [0.5, 0.6) is 0 Å². The Morgan fingerprint density at radius 1 is 1.12 bits per heavy atom. The zero-order valence-corrected chi connectivity index (χ0v) is 20.5. The largest absolute Gasteiger partial charge is 0.598 e. The highest BCUT2D eigenvalue weighted by Gasteiger charge is 2.36. The van der Waals surface area contributed by atoms with Gasteiger partial charge in [0.25, 0.3) is 0 Å². The standard InChI is InChI=1S/C25H31F3N2O3S/c1-25(2,3)34(32)29-21(15-19-9-10-20(26)23(28)22(19)27)18-11-13-30(14-12-18)24(31)33-16-17-7-5-4-6-8-17/h4-10,18,21,29H,11-16H2,1-3H3/t21-,34+/m1/s1. The predicted molar refractivity (Wildman–Crippen MR) is 126 cm³/mol. The van der Waals surface area contributed by atoms with Gasteiger partial charge in [0, 0.05) is 24.5 Å². The Hall–Kier alpha value is -2.23. The summed E-state index contributed by atoms with van der Waals surface area (Å²) in [6.07, 6.45) is 0.792. The first-order valence-corrected chi connectivity index (χ1v) is 12.5. The first-order chi connectivity index (χ1) is 16.1. The van der Waals surface area contributed by atoms with Gasteiger partial charge in [-0.1, -0.05) is 36.4 Å². The predicted octanol–water partition coefficient (Wildman–Crippen LogP) is 5.12. The Kier molecular flexibility index (Phi) is 8.89. The third kappa shape index (κ3) is 6.90. The number of carbonyl (C=O) groups is 1. The van der Waals surface area contributed by atoms with Gasteiger partial charge < -0.3 is 14.2 Å². The highest BCUT2D eigenvalue weighted by Crippen LogP contribution is 2.27. The number of amides is 1. The van der Waals surface area contributed by atoms with Crippen molar-refractivity contribution in [3.8, 4) is 0 Å². The molecule has 0 aliphatic carbocycles. The molecular weight excluding hydrogens is 465 g/mol. The Balaban J connectivity index is 1.65. The first kappa shape index (κ1) is 26.4. The van der Waals surface area contributed by atoms with E-state index in [0.717, 1.165) is 11.6 Å². The second kappa shape index (κ2) is 11.5. The number of halogens is 3. The molecule has 1 N–H and O–H groups in total. The van der Waals surface area contributed by atoms with Crippen LogP contribution >= 0.6 is 0 Å². The van der Waals surface area contributed by atoms with Gasteiger partial charge >= 0.3 is 6.09 Å². The number of likely N-dealkylation sites (tertiary alicyclic amines) is 1. The van der Waals surface area contributed by atoms with Crippen molar-refractivity contribution in [3.63, 3.8) is 0 Å². The fourth-order valence-electron chi connectivity index (χ4n) is 3.87. The lowest BCUT2D eigenvalue weighted by atomic mass is 9.86. The monoisotopic (exact) mass is 496 g/mol. The molecule has 0 aromatic heterocycles. The molecule has 34 heavy (non-hydrogen) atoms. The summed E-state index contributed by atoms with van der Waals surface area (Å²) in [7, 11) is 0. The topological polar surface area (TPSA) is 64.6 Å². The fraction of sp³-hybridized carbons (Fsp3) is 0.480. The van der Waals surface area contributed by atoms with Crippen LogP contribution in [0.1, 0.15) is 44.7 Å². The molecule has 0 spiro atoms. The minimum absolute atomic E-state index is 0.0204. The van der Waals surface area contributed by atoms with Crippen LogP contribution in [0, 0.1) is 23.4 Å². The normalized spacial score (nSPS) is 16.9. The lowest BCUT2D eigenvalue weighted by molar-refractivity contribution is 0.0790. The molecule has 186 valence electrons. The first-order valence-electron chi connectivity index (χ1n) is 11.3. The van der Waals surface area contributed by atoms with Crippen LogP contribution in [0.2, 0.25) is 0 Å². The molecule has 1 aliphatic heterocycles. The number of benzene rings is 2.